The second kappa shape index (κ2) is 6.33. The average Bonchev–Trinajstić information content (AvgIpc) is 3.12. The van der Waals surface area contributed by atoms with Crippen molar-refractivity contribution in [3.05, 3.63) is 59.5 Å². The fraction of sp³-hybridized carbons (Fsp3) is 0.435. The van der Waals surface area contributed by atoms with Gasteiger partial charge in [-0.15, -0.1) is 0 Å². The number of aliphatic hydroxyl groups is 1. The van der Waals surface area contributed by atoms with Gasteiger partial charge in [0.1, 0.15) is 11.4 Å². The molecule has 146 valence electrons. The van der Waals surface area contributed by atoms with Crippen molar-refractivity contribution in [1.82, 2.24) is 14.5 Å². The minimum absolute atomic E-state index is 0.454. The Bertz CT molecular complexity index is 1030. The molecule has 2 aromatic heterocycles. The molecule has 1 saturated heterocycles. The van der Waals surface area contributed by atoms with E-state index < -0.39 is 5.60 Å². The van der Waals surface area contributed by atoms with Crippen molar-refractivity contribution in [2.24, 2.45) is 0 Å². The molecule has 3 unspecified atom stereocenters. The summed E-state index contributed by atoms with van der Waals surface area (Å²) in [6, 6.07) is 11.1. The predicted octanol–water partition coefficient (Wildman–Crippen LogP) is 3.64. The van der Waals surface area contributed by atoms with E-state index in [0.717, 1.165) is 23.3 Å². The summed E-state index contributed by atoms with van der Waals surface area (Å²) in [7, 11) is 3.98. The third-order valence-electron chi connectivity index (χ3n) is 6.79. The monoisotopic (exact) mass is 377 g/mol. The summed E-state index contributed by atoms with van der Waals surface area (Å²) in [5, 5.41) is 12.6. The standard InChI is InChI=1S/C23H27N3O2/c1-23(27,15-9-11-24-12-10-15)14-26-19-13-16-7-8-18(25(16)2)21(19)17-5-4-6-20(28-3)22(17)26/h4-6,9-12,16,18,27H,7-8,13-14H2,1-3H3. The van der Waals surface area contributed by atoms with Crippen LogP contribution in [0.5, 0.6) is 5.75 Å². The van der Waals surface area contributed by atoms with Gasteiger partial charge >= 0.3 is 0 Å². The zero-order chi connectivity index (χ0) is 19.5. The van der Waals surface area contributed by atoms with Crippen molar-refractivity contribution in [1.29, 1.82) is 0 Å². The second-order valence-corrected chi connectivity index (χ2v) is 8.43. The fourth-order valence-electron chi connectivity index (χ4n) is 5.32. The topological polar surface area (TPSA) is 50.5 Å². The number of para-hydroxylation sites is 1. The van der Waals surface area contributed by atoms with Gasteiger partial charge in [0.15, 0.2) is 0 Å². The van der Waals surface area contributed by atoms with Crippen molar-refractivity contribution < 1.29 is 9.84 Å². The third kappa shape index (κ3) is 2.50. The van der Waals surface area contributed by atoms with Crippen LogP contribution in [0, 0.1) is 0 Å². The molecule has 5 nitrogen and oxygen atoms in total. The minimum atomic E-state index is -0.994. The molecule has 3 atom stereocenters. The van der Waals surface area contributed by atoms with E-state index in [1.54, 1.807) is 19.5 Å². The van der Waals surface area contributed by atoms with Crippen LogP contribution in [-0.4, -0.2) is 39.8 Å². The number of aromatic nitrogens is 2. The van der Waals surface area contributed by atoms with Gasteiger partial charge < -0.3 is 14.4 Å². The largest absolute Gasteiger partial charge is 0.495 e. The van der Waals surface area contributed by atoms with Crippen LogP contribution >= 0.6 is 0 Å². The summed E-state index contributed by atoms with van der Waals surface area (Å²) >= 11 is 0. The van der Waals surface area contributed by atoms with Gasteiger partial charge in [0.25, 0.3) is 0 Å². The lowest BCUT2D eigenvalue weighted by Crippen LogP contribution is -2.36. The first-order valence-corrected chi connectivity index (χ1v) is 10.0. The zero-order valence-corrected chi connectivity index (χ0v) is 16.7. The van der Waals surface area contributed by atoms with E-state index in [9.17, 15) is 5.11 Å². The van der Waals surface area contributed by atoms with Crippen LogP contribution in [0.4, 0.5) is 0 Å². The van der Waals surface area contributed by atoms with Crippen molar-refractivity contribution in [3.63, 3.8) is 0 Å². The number of nitrogens with zero attached hydrogens (tertiary/aromatic N) is 3. The maximum absolute atomic E-state index is 11.4. The van der Waals surface area contributed by atoms with Crippen LogP contribution in [0.2, 0.25) is 0 Å². The molecule has 0 aliphatic carbocycles. The van der Waals surface area contributed by atoms with Gasteiger partial charge in [-0.1, -0.05) is 12.1 Å². The van der Waals surface area contributed by atoms with Crippen LogP contribution in [0.1, 0.15) is 42.6 Å². The maximum Gasteiger partial charge on any atom is 0.143 e. The molecule has 1 N–H and O–H groups in total. The summed E-state index contributed by atoms with van der Waals surface area (Å²) in [5.41, 5.74) is 3.77. The molecule has 2 aliphatic rings. The Balaban J connectivity index is 1.72. The van der Waals surface area contributed by atoms with Crippen molar-refractivity contribution in [2.75, 3.05) is 14.2 Å². The molecule has 3 aromatic rings. The number of fused-ring (bicyclic) bond motifs is 6. The number of methoxy groups -OCH3 is 1. The molecule has 5 heteroatoms. The number of hydrogen-bond acceptors (Lipinski definition) is 4. The van der Waals surface area contributed by atoms with Gasteiger partial charge in [0, 0.05) is 42.0 Å². The quantitative estimate of drug-likeness (QED) is 0.754. The zero-order valence-electron chi connectivity index (χ0n) is 16.7. The lowest BCUT2D eigenvalue weighted by molar-refractivity contribution is 0.0380. The Hall–Kier alpha value is -2.37. The number of hydrogen-bond donors (Lipinski definition) is 1. The number of pyridine rings is 1. The van der Waals surface area contributed by atoms with Gasteiger partial charge in [-0.2, -0.15) is 0 Å². The van der Waals surface area contributed by atoms with E-state index >= 15 is 0 Å². The smallest absolute Gasteiger partial charge is 0.143 e. The van der Waals surface area contributed by atoms with E-state index in [1.807, 2.05) is 25.1 Å². The normalized spacial score (nSPS) is 23.6. The molecule has 2 bridgehead atoms. The van der Waals surface area contributed by atoms with Crippen LogP contribution in [0.15, 0.2) is 42.7 Å². The molecule has 0 radical (unpaired) electrons. The molecule has 4 heterocycles. The molecule has 0 spiro atoms. The molecule has 5 rings (SSSR count). The Morgan fingerprint density at radius 1 is 1.21 bits per heavy atom. The van der Waals surface area contributed by atoms with Crippen LogP contribution in [0.3, 0.4) is 0 Å². The predicted molar refractivity (Wildman–Crippen MR) is 110 cm³/mol. The molecular weight excluding hydrogens is 350 g/mol. The molecule has 0 saturated carbocycles. The number of ether oxygens (including phenoxy) is 1. The first kappa shape index (κ1) is 17.7. The van der Waals surface area contributed by atoms with Gasteiger partial charge in [-0.25, -0.2) is 0 Å². The molecule has 2 aliphatic heterocycles. The third-order valence-corrected chi connectivity index (χ3v) is 6.79. The average molecular weight is 377 g/mol. The summed E-state index contributed by atoms with van der Waals surface area (Å²) in [6.45, 7) is 2.38. The highest BCUT2D eigenvalue weighted by atomic mass is 16.5. The van der Waals surface area contributed by atoms with Gasteiger partial charge in [0.2, 0.25) is 0 Å². The lowest BCUT2D eigenvalue weighted by Gasteiger charge is -2.33. The summed E-state index contributed by atoms with van der Waals surface area (Å²) < 4.78 is 8.07. The summed E-state index contributed by atoms with van der Waals surface area (Å²) in [6.07, 6.45) is 6.94. The molecule has 0 amide bonds. The van der Waals surface area contributed by atoms with E-state index in [2.05, 4.69) is 33.6 Å². The Morgan fingerprint density at radius 2 is 2.00 bits per heavy atom. The lowest BCUT2D eigenvalue weighted by atomic mass is 9.95. The Morgan fingerprint density at radius 3 is 2.75 bits per heavy atom. The summed E-state index contributed by atoms with van der Waals surface area (Å²) in [4.78, 5) is 6.63. The SMILES string of the molecule is COc1cccc2c3c(n(CC(C)(O)c4ccncc4)c12)CC1CCC3N1C. The minimum Gasteiger partial charge on any atom is -0.495 e. The molecular formula is C23H27N3O2. The molecule has 28 heavy (non-hydrogen) atoms. The summed E-state index contributed by atoms with van der Waals surface area (Å²) in [5.74, 6) is 0.871. The second-order valence-electron chi connectivity index (χ2n) is 8.43. The molecule has 1 aromatic carbocycles. The Kier molecular flexibility index (Phi) is 4.00. The molecule has 1 fully saturated rings. The van der Waals surface area contributed by atoms with Gasteiger partial charge in [-0.05, 0) is 56.1 Å². The highest BCUT2D eigenvalue weighted by molar-refractivity contribution is 5.91. The number of rotatable bonds is 4. The van der Waals surface area contributed by atoms with Crippen LogP contribution in [0.25, 0.3) is 10.9 Å². The highest BCUT2D eigenvalue weighted by Crippen LogP contribution is 2.48. The van der Waals surface area contributed by atoms with Crippen molar-refractivity contribution >= 4 is 10.9 Å². The van der Waals surface area contributed by atoms with Crippen LogP contribution in [-0.2, 0) is 18.6 Å². The highest BCUT2D eigenvalue weighted by Gasteiger charge is 2.42. The fourth-order valence-corrected chi connectivity index (χ4v) is 5.32. The Labute approximate surface area is 165 Å². The maximum atomic E-state index is 11.4. The van der Waals surface area contributed by atoms with Crippen molar-refractivity contribution in [3.8, 4) is 5.75 Å². The van der Waals surface area contributed by atoms with E-state index in [0.29, 0.717) is 18.6 Å². The van der Waals surface area contributed by atoms with E-state index in [-0.39, 0.29) is 0 Å². The first-order chi connectivity index (χ1) is 13.5. The van der Waals surface area contributed by atoms with E-state index in [4.69, 9.17) is 4.74 Å². The van der Waals surface area contributed by atoms with Crippen LogP contribution < -0.4 is 4.74 Å². The van der Waals surface area contributed by atoms with Gasteiger partial charge in [0.05, 0.1) is 19.2 Å². The van der Waals surface area contributed by atoms with E-state index in [1.165, 1.54) is 29.5 Å². The number of benzene rings is 1. The first-order valence-electron chi connectivity index (χ1n) is 10.0. The van der Waals surface area contributed by atoms with Crippen molar-refractivity contribution in [2.45, 2.75) is 50.4 Å². The van der Waals surface area contributed by atoms with Gasteiger partial charge in [-0.3, -0.25) is 9.88 Å². The number of likely N-dealkylation sites (N-methyl/N-ethyl adjacent to an activating group) is 1.